The van der Waals surface area contributed by atoms with Gasteiger partial charge in [0.25, 0.3) is 0 Å². The number of benzene rings is 1. The molecule has 0 spiro atoms. The molecule has 1 aromatic carbocycles. The van der Waals surface area contributed by atoms with E-state index in [0.717, 1.165) is 13.1 Å². The second kappa shape index (κ2) is 5.41. The summed E-state index contributed by atoms with van der Waals surface area (Å²) in [7, 11) is 0. The van der Waals surface area contributed by atoms with Gasteiger partial charge in [-0.1, -0.05) is 24.6 Å². The number of fused-ring (bicyclic) bond motifs is 1. The molecular formula is C16H24N2. The van der Waals surface area contributed by atoms with Gasteiger partial charge >= 0.3 is 0 Å². The van der Waals surface area contributed by atoms with Gasteiger partial charge in [0.05, 0.1) is 0 Å². The van der Waals surface area contributed by atoms with Crippen molar-refractivity contribution in [3.05, 3.63) is 34.9 Å². The quantitative estimate of drug-likeness (QED) is 0.860. The van der Waals surface area contributed by atoms with E-state index >= 15 is 0 Å². The first kappa shape index (κ1) is 12.2. The van der Waals surface area contributed by atoms with Crippen LogP contribution in [0.1, 0.15) is 48.9 Å². The minimum absolute atomic E-state index is 0.526. The Morgan fingerprint density at radius 1 is 1.22 bits per heavy atom. The Morgan fingerprint density at radius 2 is 2.06 bits per heavy atom. The molecule has 0 bridgehead atoms. The molecule has 0 aromatic heterocycles. The van der Waals surface area contributed by atoms with Gasteiger partial charge in [0, 0.05) is 12.6 Å². The summed E-state index contributed by atoms with van der Waals surface area (Å²) >= 11 is 0. The van der Waals surface area contributed by atoms with Gasteiger partial charge in [-0.15, -0.1) is 0 Å². The fourth-order valence-corrected chi connectivity index (χ4v) is 3.31. The Hall–Kier alpha value is -0.860. The number of piperidine rings is 1. The summed E-state index contributed by atoms with van der Waals surface area (Å²) in [6.07, 6.45) is 5.37. The molecule has 2 aliphatic heterocycles. The molecule has 98 valence electrons. The number of likely N-dealkylation sites (tertiary alicyclic amines) is 1. The predicted molar refractivity (Wildman–Crippen MR) is 75.7 cm³/mol. The lowest BCUT2D eigenvalue weighted by Gasteiger charge is -2.28. The number of rotatable bonds is 2. The molecule has 2 heteroatoms. The fourth-order valence-electron chi connectivity index (χ4n) is 3.31. The zero-order valence-corrected chi connectivity index (χ0v) is 11.4. The van der Waals surface area contributed by atoms with Crippen LogP contribution >= 0.6 is 0 Å². The highest BCUT2D eigenvalue weighted by Crippen LogP contribution is 2.24. The van der Waals surface area contributed by atoms with Crippen LogP contribution in [0, 0.1) is 0 Å². The van der Waals surface area contributed by atoms with Crippen LogP contribution in [-0.2, 0) is 13.0 Å². The lowest BCUT2D eigenvalue weighted by Crippen LogP contribution is -2.30. The highest BCUT2D eigenvalue weighted by atomic mass is 15.1. The van der Waals surface area contributed by atoms with Gasteiger partial charge in [-0.3, -0.25) is 4.90 Å². The zero-order chi connectivity index (χ0) is 12.4. The molecular weight excluding hydrogens is 220 g/mol. The number of hydrogen-bond acceptors (Lipinski definition) is 2. The third-order valence-corrected chi connectivity index (χ3v) is 4.37. The van der Waals surface area contributed by atoms with Crippen molar-refractivity contribution >= 4 is 0 Å². The van der Waals surface area contributed by atoms with Crippen LogP contribution in [0.2, 0.25) is 0 Å². The average molecular weight is 244 g/mol. The van der Waals surface area contributed by atoms with Crippen LogP contribution in [0.5, 0.6) is 0 Å². The van der Waals surface area contributed by atoms with Crippen molar-refractivity contribution in [1.29, 1.82) is 0 Å². The first-order valence-electron chi connectivity index (χ1n) is 7.40. The second-order valence-corrected chi connectivity index (χ2v) is 5.80. The molecule has 0 radical (unpaired) electrons. The van der Waals surface area contributed by atoms with Crippen LogP contribution in [0.15, 0.2) is 18.2 Å². The highest BCUT2D eigenvalue weighted by molar-refractivity contribution is 5.36. The normalized spacial score (nSPS) is 24.8. The van der Waals surface area contributed by atoms with Gasteiger partial charge < -0.3 is 5.32 Å². The summed E-state index contributed by atoms with van der Waals surface area (Å²) < 4.78 is 0. The van der Waals surface area contributed by atoms with Crippen molar-refractivity contribution < 1.29 is 0 Å². The Bertz CT molecular complexity index is 408. The third-order valence-electron chi connectivity index (χ3n) is 4.37. The van der Waals surface area contributed by atoms with Crippen molar-refractivity contribution in [2.24, 2.45) is 0 Å². The van der Waals surface area contributed by atoms with Crippen LogP contribution in [0.25, 0.3) is 0 Å². The Balaban J connectivity index is 1.73. The fraction of sp³-hybridized carbons (Fsp3) is 0.625. The van der Waals surface area contributed by atoms with Crippen LogP contribution in [0.4, 0.5) is 0 Å². The highest BCUT2D eigenvalue weighted by Gasteiger charge is 2.16. The average Bonchev–Trinajstić information content (AvgIpc) is 2.40. The molecule has 1 aromatic rings. The van der Waals surface area contributed by atoms with E-state index in [1.54, 1.807) is 5.56 Å². The largest absolute Gasteiger partial charge is 0.310 e. The third kappa shape index (κ3) is 2.60. The zero-order valence-electron chi connectivity index (χ0n) is 11.4. The van der Waals surface area contributed by atoms with Gasteiger partial charge in [-0.05, 0) is 62.5 Å². The molecule has 0 saturated carbocycles. The molecule has 18 heavy (non-hydrogen) atoms. The van der Waals surface area contributed by atoms with Crippen LogP contribution in [-0.4, -0.2) is 24.5 Å². The van der Waals surface area contributed by atoms with Gasteiger partial charge in [0.2, 0.25) is 0 Å². The summed E-state index contributed by atoms with van der Waals surface area (Å²) in [5, 5.41) is 3.53. The van der Waals surface area contributed by atoms with Crippen molar-refractivity contribution in [2.45, 2.75) is 45.2 Å². The molecule has 0 amide bonds. The second-order valence-electron chi connectivity index (χ2n) is 5.80. The molecule has 1 unspecified atom stereocenters. The number of nitrogens with one attached hydrogen (secondary N) is 1. The van der Waals surface area contributed by atoms with E-state index < -0.39 is 0 Å². The van der Waals surface area contributed by atoms with Gasteiger partial charge in [0.15, 0.2) is 0 Å². The van der Waals surface area contributed by atoms with E-state index in [9.17, 15) is 0 Å². The van der Waals surface area contributed by atoms with Gasteiger partial charge in [0.1, 0.15) is 0 Å². The van der Waals surface area contributed by atoms with E-state index in [0.29, 0.717) is 6.04 Å². The minimum Gasteiger partial charge on any atom is -0.310 e. The van der Waals surface area contributed by atoms with Crippen molar-refractivity contribution in [1.82, 2.24) is 10.2 Å². The molecule has 3 rings (SSSR count). The topological polar surface area (TPSA) is 15.3 Å². The Kier molecular flexibility index (Phi) is 3.67. The van der Waals surface area contributed by atoms with E-state index in [1.165, 1.54) is 49.9 Å². The maximum atomic E-state index is 3.53. The maximum absolute atomic E-state index is 3.53. The SMILES string of the molecule is CC1NCCc2cc(CN3CCCCC3)ccc21. The molecule has 2 nitrogen and oxygen atoms in total. The Labute approximate surface area is 110 Å². The van der Waals surface area contributed by atoms with E-state index in [4.69, 9.17) is 0 Å². The summed E-state index contributed by atoms with van der Waals surface area (Å²) in [6.45, 7) is 7.11. The molecule has 2 aliphatic rings. The standard InChI is InChI=1S/C16H24N2/c1-13-16-6-5-14(11-15(16)7-8-17-13)12-18-9-3-2-4-10-18/h5-6,11,13,17H,2-4,7-10,12H2,1H3. The molecule has 1 N–H and O–H groups in total. The summed E-state index contributed by atoms with van der Waals surface area (Å²) in [5.74, 6) is 0. The van der Waals surface area contributed by atoms with Crippen molar-refractivity contribution in [2.75, 3.05) is 19.6 Å². The van der Waals surface area contributed by atoms with Crippen LogP contribution in [0.3, 0.4) is 0 Å². The van der Waals surface area contributed by atoms with Crippen molar-refractivity contribution in [3.63, 3.8) is 0 Å². The van der Waals surface area contributed by atoms with E-state index in [1.807, 2.05) is 0 Å². The first-order chi connectivity index (χ1) is 8.83. The summed E-state index contributed by atoms with van der Waals surface area (Å²) in [6, 6.07) is 7.64. The molecule has 1 atom stereocenters. The number of hydrogen-bond donors (Lipinski definition) is 1. The number of nitrogens with zero attached hydrogens (tertiary/aromatic N) is 1. The summed E-state index contributed by atoms with van der Waals surface area (Å²) in [5.41, 5.74) is 4.57. The monoisotopic (exact) mass is 244 g/mol. The predicted octanol–water partition coefficient (Wildman–Crippen LogP) is 2.88. The maximum Gasteiger partial charge on any atom is 0.0294 e. The Morgan fingerprint density at radius 3 is 2.89 bits per heavy atom. The molecule has 1 fully saturated rings. The molecule has 2 heterocycles. The smallest absolute Gasteiger partial charge is 0.0294 e. The lowest BCUT2D eigenvalue weighted by molar-refractivity contribution is 0.221. The molecule has 1 saturated heterocycles. The summed E-state index contributed by atoms with van der Waals surface area (Å²) in [4.78, 5) is 2.61. The first-order valence-corrected chi connectivity index (χ1v) is 7.40. The minimum atomic E-state index is 0.526. The lowest BCUT2D eigenvalue weighted by atomic mass is 9.93. The van der Waals surface area contributed by atoms with Gasteiger partial charge in [-0.2, -0.15) is 0 Å². The molecule has 0 aliphatic carbocycles. The van der Waals surface area contributed by atoms with Crippen LogP contribution < -0.4 is 5.32 Å². The van der Waals surface area contributed by atoms with Crippen molar-refractivity contribution in [3.8, 4) is 0 Å². The van der Waals surface area contributed by atoms with E-state index in [-0.39, 0.29) is 0 Å². The van der Waals surface area contributed by atoms with Gasteiger partial charge in [-0.25, -0.2) is 0 Å². The van der Waals surface area contributed by atoms with E-state index in [2.05, 4.69) is 35.3 Å².